The normalized spacial score (nSPS) is 14.9. The van der Waals surface area contributed by atoms with Crippen molar-refractivity contribution in [1.29, 1.82) is 0 Å². The molecule has 0 spiro atoms. The smallest absolute Gasteiger partial charge is 0.335 e. The van der Waals surface area contributed by atoms with Gasteiger partial charge in [-0.3, -0.25) is 4.79 Å². The molecule has 0 bridgehead atoms. The Balaban J connectivity index is 1.99. The first-order chi connectivity index (χ1) is 10.0. The van der Waals surface area contributed by atoms with Crippen LogP contribution in [0.5, 0.6) is 5.75 Å². The molecular formula is C16H9FO4. The highest BCUT2D eigenvalue weighted by Gasteiger charge is 2.28. The Labute approximate surface area is 119 Å². The lowest BCUT2D eigenvalue weighted by Gasteiger charge is -1.99. The molecule has 0 saturated carbocycles. The summed E-state index contributed by atoms with van der Waals surface area (Å²) in [6.07, 6.45) is 1.42. The first kappa shape index (κ1) is 13.1. The number of carbonyl (C=O) groups excluding carboxylic acids is 1. The van der Waals surface area contributed by atoms with Crippen molar-refractivity contribution in [1.82, 2.24) is 0 Å². The summed E-state index contributed by atoms with van der Waals surface area (Å²) in [6, 6.07) is 9.80. The zero-order valence-electron chi connectivity index (χ0n) is 10.7. The molecule has 3 rings (SSSR count). The lowest BCUT2D eigenvalue weighted by atomic mass is 10.1. The fourth-order valence-corrected chi connectivity index (χ4v) is 2.07. The van der Waals surface area contributed by atoms with Gasteiger partial charge in [-0.2, -0.15) is 0 Å². The van der Waals surface area contributed by atoms with Crippen molar-refractivity contribution in [2.24, 2.45) is 0 Å². The molecule has 1 aliphatic heterocycles. The van der Waals surface area contributed by atoms with E-state index in [4.69, 9.17) is 9.84 Å². The van der Waals surface area contributed by atoms with Gasteiger partial charge in [-0.25, -0.2) is 9.18 Å². The third-order valence-electron chi connectivity index (χ3n) is 3.06. The van der Waals surface area contributed by atoms with E-state index in [1.807, 2.05) is 0 Å². The average molecular weight is 284 g/mol. The second-order valence-corrected chi connectivity index (χ2v) is 4.51. The van der Waals surface area contributed by atoms with Gasteiger partial charge in [-0.15, -0.1) is 0 Å². The number of Topliss-reactive ketones (excluding diaryl/α,β-unsaturated/α-hetero) is 1. The molecule has 0 radical (unpaired) electrons. The lowest BCUT2D eigenvalue weighted by Crippen LogP contribution is -2.00. The number of ketones is 1. The number of carboxylic acid groups (broad SMARTS) is 1. The van der Waals surface area contributed by atoms with Gasteiger partial charge in [0, 0.05) is 0 Å². The zero-order valence-corrected chi connectivity index (χ0v) is 10.7. The summed E-state index contributed by atoms with van der Waals surface area (Å²) in [5.41, 5.74) is 0.694. The van der Waals surface area contributed by atoms with Crippen LogP contribution < -0.4 is 4.74 Å². The molecule has 104 valence electrons. The number of carbonyl (C=O) groups is 2. The van der Waals surface area contributed by atoms with E-state index < -0.39 is 17.6 Å². The third-order valence-corrected chi connectivity index (χ3v) is 3.06. The summed E-state index contributed by atoms with van der Waals surface area (Å²) in [6.45, 7) is 0. The van der Waals surface area contributed by atoms with Crippen molar-refractivity contribution in [2.75, 3.05) is 0 Å². The average Bonchev–Trinajstić information content (AvgIpc) is 2.75. The Bertz CT molecular complexity index is 793. The van der Waals surface area contributed by atoms with Gasteiger partial charge in [-0.05, 0) is 42.0 Å². The Morgan fingerprint density at radius 3 is 2.71 bits per heavy atom. The summed E-state index contributed by atoms with van der Waals surface area (Å²) in [5, 5.41) is 8.93. The lowest BCUT2D eigenvalue weighted by molar-refractivity contribution is 0.0697. The minimum absolute atomic E-state index is 0.0118. The van der Waals surface area contributed by atoms with E-state index in [1.54, 1.807) is 6.07 Å². The number of aromatic carboxylic acids is 1. The number of hydrogen-bond donors (Lipinski definition) is 1. The molecule has 2 aromatic carbocycles. The molecule has 0 saturated heterocycles. The summed E-state index contributed by atoms with van der Waals surface area (Å²) in [5.74, 6) is -1.61. The van der Waals surface area contributed by atoms with E-state index >= 15 is 0 Å². The van der Waals surface area contributed by atoms with Gasteiger partial charge in [0.15, 0.2) is 5.76 Å². The van der Waals surface area contributed by atoms with E-state index in [-0.39, 0.29) is 16.9 Å². The van der Waals surface area contributed by atoms with Crippen LogP contribution in [0.2, 0.25) is 0 Å². The van der Waals surface area contributed by atoms with Crippen molar-refractivity contribution in [2.45, 2.75) is 0 Å². The second kappa shape index (κ2) is 4.86. The minimum atomic E-state index is -1.12. The number of rotatable bonds is 2. The van der Waals surface area contributed by atoms with Crippen LogP contribution in [0.1, 0.15) is 26.3 Å². The van der Waals surface area contributed by atoms with Crippen molar-refractivity contribution in [3.05, 3.63) is 70.7 Å². The van der Waals surface area contributed by atoms with Crippen molar-refractivity contribution in [3.63, 3.8) is 0 Å². The number of ether oxygens (including phenoxy) is 1. The molecule has 0 fully saturated rings. The van der Waals surface area contributed by atoms with Gasteiger partial charge >= 0.3 is 5.97 Å². The van der Waals surface area contributed by atoms with E-state index in [0.29, 0.717) is 11.3 Å². The summed E-state index contributed by atoms with van der Waals surface area (Å²) >= 11 is 0. The standard InChI is InChI=1S/C16H9FO4/c17-11-3-1-2-9(6-11)7-14-15(18)12-8-10(16(19)20)4-5-13(12)21-14/h1-8H,(H,19,20)/b14-7-. The summed E-state index contributed by atoms with van der Waals surface area (Å²) < 4.78 is 18.5. The van der Waals surface area contributed by atoms with Crippen LogP contribution in [0, 0.1) is 5.82 Å². The molecule has 0 aromatic heterocycles. The maximum atomic E-state index is 13.1. The van der Waals surface area contributed by atoms with Crippen LogP contribution in [0.4, 0.5) is 4.39 Å². The molecule has 0 atom stereocenters. The largest absolute Gasteiger partial charge is 0.478 e. The van der Waals surface area contributed by atoms with E-state index in [2.05, 4.69) is 0 Å². The van der Waals surface area contributed by atoms with Crippen LogP contribution >= 0.6 is 0 Å². The number of halogens is 1. The van der Waals surface area contributed by atoms with Crippen LogP contribution in [0.15, 0.2) is 48.2 Å². The predicted octanol–water partition coefficient (Wildman–Crippen LogP) is 3.14. The predicted molar refractivity (Wildman–Crippen MR) is 72.7 cm³/mol. The molecule has 0 amide bonds. The molecule has 4 nitrogen and oxygen atoms in total. The van der Waals surface area contributed by atoms with Crippen LogP contribution in [0.25, 0.3) is 6.08 Å². The molecule has 0 unspecified atom stereocenters. The quantitative estimate of drug-likeness (QED) is 0.860. The topological polar surface area (TPSA) is 63.6 Å². The fourth-order valence-electron chi connectivity index (χ4n) is 2.07. The number of benzene rings is 2. The molecule has 21 heavy (non-hydrogen) atoms. The van der Waals surface area contributed by atoms with Gasteiger partial charge in [-0.1, -0.05) is 12.1 Å². The van der Waals surface area contributed by atoms with Crippen LogP contribution in [-0.2, 0) is 0 Å². The zero-order chi connectivity index (χ0) is 15.0. The molecular weight excluding hydrogens is 275 g/mol. The van der Waals surface area contributed by atoms with Crippen molar-refractivity contribution < 1.29 is 23.8 Å². The van der Waals surface area contributed by atoms with Gasteiger partial charge in [0.2, 0.25) is 5.78 Å². The van der Waals surface area contributed by atoms with Gasteiger partial charge in [0.25, 0.3) is 0 Å². The Hall–Kier alpha value is -2.95. The van der Waals surface area contributed by atoms with Crippen LogP contribution in [-0.4, -0.2) is 16.9 Å². The minimum Gasteiger partial charge on any atom is -0.478 e. The first-order valence-corrected chi connectivity index (χ1v) is 6.12. The molecule has 1 heterocycles. The molecule has 5 heteroatoms. The number of allylic oxidation sites excluding steroid dienone is 1. The Kier molecular flexibility index (Phi) is 3.02. The number of fused-ring (bicyclic) bond motifs is 1. The van der Waals surface area contributed by atoms with Gasteiger partial charge < -0.3 is 9.84 Å². The van der Waals surface area contributed by atoms with Crippen molar-refractivity contribution >= 4 is 17.8 Å². The third kappa shape index (κ3) is 2.41. The van der Waals surface area contributed by atoms with Crippen LogP contribution in [0.3, 0.4) is 0 Å². The van der Waals surface area contributed by atoms with Gasteiger partial charge in [0.1, 0.15) is 11.6 Å². The van der Waals surface area contributed by atoms with E-state index in [0.717, 1.165) is 0 Å². The Morgan fingerprint density at radius 2 is 2.00 bits per heavy atom. The Morgan fingerprint density at radius 1 is 1.19 bits per heavy atom. The molecule has 1 aliphatic rings. The summed E-state index contributed by atoms with van der Waals surface area (Å²) in [7, 11) is 0. The van der Waals surface area contributed by atoms with E-state index in [1.165, 1.54) is 42.5 Å². The van der Waals surface area contributed by atoms with Crippen molar-refractivity contribution in [3.8, 4) is 5.75 Å². The highest BCUT2D eigenvalue weighted by molar-refractivity contribution is 6.15. The monoisotopic (exact) mass is 284 g/mol. The number of carboxylic acids is 1. The maximum Gasteiger partial charge on any atom is 0.335 e. The molecule has 0 aliphatic carbocycles. The maximum absolute atomic E-state index is 13.1. The van der Waals surface area contributed by atoms with Gasteiger partial charge in [0.05, 0.1) is 11.1 Å². The highest BCUT2D eigenvalue weighted by atomic mass is 19.1. The number of hydrogen-bond acceptors (Lipinski definition) is 3. The SMILES string of the molecule is O=C(O)c1ccc2c(c1)C(=O)/C(=C/c1cccc(F)c1)O2. The highest BCUT2D eigenvalue weighted by Crippen LogP contribution is 2.32. The second-order valence-electron chi connectivity index (χ2n) is 4.51. The first-order valence-electron chi connectivity index (χ1n) is 6.12. The fraction of sp³-hybridized carbons (Fsp3) is 0. The van der Waals surface area contributed by atoms with E-state index in [9.17, 15) is 14.0 Å². The molecule has 2 aromatic rings. The molecule has 1 N–H and O–H groups in total. The summed E-state index contributed by atoms with van der Waals surface area (Å²) in [4.78, 5) is 23.1.